The number of benzene rings is 1. The first-order valence-corrected chi connectivity index (χ1v) is 7.88. The van der Waals surface area contributed by atoms with E-state index < -0.39 is 10.0 Å². The van der Waals surface area contributed by atoms with E-state index in [0.717, 1.165) is 24.1 Å². The molecule has 1 fully saturated rings. The molecule has 0 atom stereocenters. The van der Waals surface area contributed by atoms with Gasteiger partial charge in [0, 0.05) is 6.54 Å². The van der Waals surface area contributed by atoms with Gasteiger partial charge in [0.15, 0.2) is 0 Å². The summed E-state index contributed by atoms with van der Waals surface area (Å²) < 4.78 is 28.5. The molecule has 1 N–H and O–H groups in total. The lowest BCUT2D eigenvalue weighted by Gasteiger charge is -2.09. The molecular formula is C12H15N5O2S. The molecule has 1 heterocycles. The molecule has 1 aliphatic rings. The average Bonchev–Trinajstić information content (AvgIpc) is 3.10. The molecule has 0 saturated heterocycles. The SMILES string of the molecule is Cc1cc(S(=O)(=O)NCC2CC2)ccc1-n1cnnn1. The molecule has 8 heteroatoms. The summed E-state index contributed by atoms with van der Waals surface area (Å²) in [5, 5.41) is 10.9. The number of aromatic nitrogens is 4. The van der Waals surface area contributed by atoms with Gasteiger partial charge in [-0.2, -0.15) is 0 Å². The molecule has 106 valence electrons. The lowest BCUT2D eigenvalue weighted by atomic mass is 10.2. The highest BCUT2D eigenvalue weighted by molar-refractivity contribution is 7.89. The zero-order chi connectivity index (χ0) is 14.2. The molecule has 0 aliphatic heterocycles. The third-order valence-electron chi connectivity index (χ3n) is 3.33. The van der Waals surface area contributed by atoms with Gasteiger partial charge in [-0.05, 0) is 59.9 Å². The highest BCUT2D eigenvalue weighted by Gasteiger charge is 2.24. The van der Waals surface area contributed by atoms with E-state index in [2.05, 4.69) is 20.2 Å². The smallest absolute Gasteiger partial charge is 0.211 e. The predicted molar refractivity (Wildman–Crippen MR) is 71.8 cm³/mol. The van der Waals surface area contributed by atoms with E-state index in [4.69, 9.17) is 0 Å². The highest BCUT2D eigenvalue weighted by atomic mass is 32.2. The van der Waals surface area contributed by atoms with Crippen molar-refractivity contribution in [1.29, 1.82) is 0 Å². The van der Waals surface area contributed by atoms with Gasteiger partial charge in [0.05, 0.1) is 10.6 Å². The van der Waals surface area contributed by atoms with E-state index in [-0.39, 0.29) is 4.90 Å². The van der Waals surface area contributed by atoms with Crippen molar-refractivity contribution >= 4 is 10.0 Å². The summed E-state index contributed by atoms with van der Waals surface area (Å²) in [6.07, 6.45) is 3.70. The summed E-state index contributed by atoms with van der Waals surface area (Å²) in [6, 6.07) is 4.91. The van der Waals surface area contributed by atoms with Crippen LogP contribution in [-0.2, 0) is 10.0 Å². The maximum absolute atomic E-state index is 12.2. The monoisotopic (exact) mass is 293 g/mol. The summed E-state index contributed by atoms with van der Waals surface area (Å²) >= 11 is 0. The fourth-order valence-corrected chi connectivity index (χ4v) is 3.16. The second-order valence-electron chi connectivity index (χ2n) is 5.00. The van der Waals surface area contributed by atoms with Crippen molar-refractivity contribution in [2.45, 2.75) is 24.7 Å². The Morgan fingerprint density at radius 3 is 2.80 bits per heavy atom. The summed E-state index contributed by atoms with van der Waals surface area (Å²) in [5.74, 6) is 0.506. The second-order valence-corrected chi connectivity index (χ2v) is 6.76. The number of nitrogens with one attached hydrogen (secondary N) is 1. The van der Waals surface area contributed by atoms with Crippen molar-refractivity contribution in [2.75, 3.05) is 6.54 Å². The van der Waals surface area contributed by atoms with Crippen molar-refractivity contribution in [2.24, 2.45) is 5.92 Å². The molecule has 20 heavy (non-hydrogen) atoms. The molecule has 1 aliphatic carbocycles. The Hall–Kier alpha value is -1.80. The number of nitrogens with zero attached hydrogens (tertiary/aromatic N) is 4. The zero-order valence-corrected chi connectivity index (χ0v) is 11.8. The van der Waals surface area contributed by atoms with Gasteiger partial charge in [-0.25, -0.2) is 17.8 Å². The van der Waals surface area contributed by atoms with Gasteiger partial charge >= 0.3 is 0 Å². The molecule has 1 aromatic heterocycles. The molecule has 1 aromatic carbocycles. The van der Waals surface area contributed by atoms with E-state index in [0.29, 0.717) is 12.5 Å². The molecule has 7 nitrogen and oxygen atoms in total. The van der Waals surface area contributed by atoms with Crippen LogP contribution >= 0.6 is 0 Å². The summed E-state index contributed by atoms with van der Waals surface area (Å²) in [4.78, 5) is 0.271. The molecule has 2 aromatic rings. The highest BCUT2D eigenvalue weighted by Crippen LogP contribution is 2.28. The van der Waals surface area contributed by atoms with E-state index >= 15 is 0 Å². The van der Waals surface area contributed by atoms with E-state index in [9.17, 15) is 8.42 Å². The number of rotatable bonds is 5. The normalized spacial score (nSPS) is 15.4. The summed E-state index contributed by atoms with van der Waals surface area (Å²) in [5.41, 5.74) is 1.56. The maximum atomic E-state index is 12.2. The topological polar surface area (TPSA) is 89.8 Å². The van der Waals surface area contributed by atoms with Crippen molar-refractivity contribution < 1.29 is 8.42 Å². The van der Waals surface area contributed by atoms with Crippen LogP contribution in [-0.4, -0.2) is 35.2 Å². The Balaban J connectivity index is 1.85. The third kappa shape index (κ3) is 2.70. The van der Waals surface area contributed by atoms with Crippen LogP contribution in [0.25, 0.3) is 5.69 Å². The Morgan fingerprint density at radius 1 is 1.40 bits per heavy atom. The molecule has 1 saturated carbocycles. The second kappa shape index (κ2) is 4.95. The van der Waals surface area contributed by atoms with Crippen molar-refractivity contribution in [1.82, 2.24) is 24.9 Å². The fraction of sp³-hybridized carbons (Fsp3) is 0.417. The van der Waals surface area contributed by atoms with Crippen LogP contribution in [0.3, 0.4) is 0 Å². The van der Waals surface area contributed by atoms with E-state index in [1.54, 1.807) is 18.2 Å². The Bertz CT molecular complexity index is 707. The van der Waals surface area contributed by atoms with E-state index in [1.165, 1.54) is 11.0 Å². The molecule has 0 amide bonds. The minimum Gasteiger partial charge on any atom is -0.211 e. The van der Waals surface area contributed by atoms with Gasteiger partial charge in [0.1, 0.15) is 6.33 Å². The van der Waals surface area contributed by atoms with Crippen LogP contribution in [0.15, 0.2) is 29.4 Å². The average molecular weight is 293 g/mol. The largest absolute Gasteiger partial charge is 0.240 e. The van der Waals surface area contributed by atoms with Crippen molar-refractivity contribution in [3.8, 4) is 5.69 Å². The molecule has 0 bridgehead atoms. The van der Waals surface area contributed by atoms with Crippen LogP contribution in [0.5, 0.6) is 0 Å². The lowest BCUT2D eigenvalue weighted by Crippen LogP contribution is -2.26. The van der Waals surface area contributed by atoms with Crippen LogP contribution in [0.1, 0.15) is 18.4 Å². The Labute approximate surface area is 117 Å². The Morgan fingerprint density at radius 2 is 2.20 bits per heavy atom. The lowest BCUT2D eigenvalue weighted by molar-refractivity contribution is 0.577. The standard InChI is InChI=1S/C12H15N5O2S/c1-9-6-11(20(18,19)14-7-10-2-3-10)4-5-12(9)17-8-13-15-16-17/h4-6,8,10,14H,2-3,7H2,1H3. The number of hydrogen-bond acceptors (Lipinski definition) is 5. The van der Waals surface area contributed by atoms with Crippen LogP contribution in [0, 0.1) is 12.8 Å². The number of tetrazole rings is 1. The van der Waals surface area contributed by atoms with Crippen LogP contribution in [0.2, 0.25) is 0 Å². The molecule has 0 spiro atoms. The fourth-order valence-electron chi connectivity index (χ4n) is 1.96. The molecule has 0 unspecified atom stereocenters. The summed E-state index contributed by atoms with van der Waals surface area (Å²) in [7, 11) is -3.43. The van der Waals surface area contributed by atoms with Crippen LogP contribution in [0.4, 0.5) is 0 Å². The number of aryl methyl sites for hydroxylation is 1. The first kappa shape index (κ1) is 13.2. The maximum Gasteiger partial charge on any atom is 0.240 e. The third-order valence-corrected chi connectivity index (χ3v) is 4.75. The number of hydrogen-bond donors (Lipinski definition) is 1. The molecule has 0 radical (unpaired) electrons. The minimum absolute atomic E-state index is 0.271. The first-order chi connectivity index (χ1) is 9.56. The first-order valence-electron chi connectivity index (χ1n) is 6.40. The van der Waals surface area contributed by atoms with Crippen LogP contribution < -0.4 is 4.72 Å². The van der Waals surface area contributed by atoms with Gasteiger partial charge < -0.3 is 0 Å². The van der Waals surface area contributed by atoms with Gasteiger partial charge in [-0.1, -0.05) is 0 Å². The van der Waals surface area contributed by atoms with Gasteiger partial charge in [0.2, 0.25) is 10.0 Å². The van der Waals surface area contributed by atoms with Crippen molar-refractivity contribution in [3.63, 3.8) is 0 Å². The Kier molecular flexibility index (Phi) is 3.27. The zero-order valence-electron chi connectivity index (χ0n) is 11.0. The number of sulfonamides is 1. The predicted octanol–water partition coefficient (Wildman–Crippen LogP) is 0.659. The van der Waals surface area contributed by atoms with Crippen molar-refractivity contribution in [3.05, 3.63) is 30.1 Å². The summed E-state index contributed by atoms with van der Waals surface area (Å²) in [6.45, 7) is 2.35. The van der Waals surface area contributed by atoms with E-state index in [1.807, 2.05) is 6.92 Å². The van der Waals surface area contributed by atoms with Gasteiger partial charge in [-0.15, -0.1) is 5.10 Å². The minimum atomic E-state index is -3.43. The molecular weight excluding hydrogens is 278 g/mol. The van der Waals surface area contributed by atoms with Gasteiger partial charge in [-0.3, -0.25) is 0 Å². The molecule has 3 rings (SSSR count). The van der Waals surface area contributed by atoms with Gasteiger partial charge in [0.25, 0.3) is 0 Å². The quantitative estimate of drug-likeness (QED) is 0.874.